The van der Waals surface area contributed by atoms with Crippen molar-refractivity contribution >= 4 is 11.9 Å². The van der Waals surface area contributed by atoms with Crippen molar-refractivity contribution in [2.75, 3.05) is 13.9 Å². The van der Waals surface area contributed by atoms with E-state index in [0.717, 1.165) is 0 Å². The first-order valence-corrected chi connectivity index (χ1v) is 6.70. The van der Waals surface area contributed by atoms with Crippen LogP contribution in [0.25, 0.3) is 0 Å². The lowest BCUT2D eigenvalue weighted by molar-refractivity contribution is -0.181. The number of rotatable bonds is 8. The number of aromatic nitrogens is 4. The molecule has 10 heteroatoms. The van der Waals surface area contributed by atoms with Gasteiger partial charge < -0.3 is 19.3 Å². The molecule has 0 bridgehead atoms. The van der Waals surface area contributed by atoms with Crippen molar-refractivity contribution < 1.29 is 28.9 Å². The number of nitrogens with zero attached hydrogens (tertiary/aromatic N) is 4. The molecule has 126 valence electrons. The SMILES string of the molecule is CO[C@@H](C(=O)OCO[C@@H](C(=O)O)c1ncccn1)c1ccncn1. The number of carboxylic acids is 1. The van der Waals surface area contributed by atoms with Crippen LogP contribution in [-0.2, 0) is 23.8 Å². The second-order valence-electron chi connectivity index (χ2n) is 4.32. The summed E-state index contributed by atoms with van der Waals surface area (Å²) in [5, 5.41) is 9.14. The van der Waals surface area contributed by atoms with Gasteiger partial charge in [-0.3, -0.25) is 0 Å². The van der Waals surface area contributed by atoms with Gasteiger partial charge in [0.05, 0.1) is 5.69 Å². The van der Waals surface area contributed by atoms with E-state index in [-0.39, 0.29) is 5.82 Å². The Bertz CT molecular complexity index is 669. The first-order valence-electron chi connectivity index (χ1n) is 6.70. The fraction of sp³-hybridized carbons (Fsp3) is 0.286. The molecule has 0 aromatic carbocycles. The van der Waals surface area contributed by atoms with Crippen LogP contribution in [0.3, 0.4) is 0 Å². The zero-order valence-electron chi connectivity index (χ0n) is 12.6. The fourth-order valence-electron chi connectivity index (χ4n) is 1.73. The maximum absolute atomic E-state index is 12.0. The van der Waals surface area contributed by atoms with Gasteiger partial charge >= 0.3 is 11.9 Å². The zero-order valence-corrected chi connectivity index (χ0v) is 12.6. The molecule has 0 saturated carbocycles. The number of methoxy groups -OCH3 is 1. The normalized spacial score (nSPS) is 13.0. The number of hydrogen-bond donors (Lipinski definition) is 1. The van der Waals surface area contributed by atoms with Gasteiger partial charge in [-0.1, -0.05) is 0 Å². The Kier molecular flexibility index (Phi) is 6.23. The van der Waals surface area contributed by atoms with Crippen LogP contribution in [0, 0.1) is 0 Å². The molecule has 0 radical (unpaired) electrons. The molecule has 0 spiro atoms. The van der Waals surface area contributed by atoms with Crippen molar-refractivity contribution in [3.05, 3.63) is 48.6 Å². The molecule has 10 nitrogen and oxygen atoms in total. The average molecular weight is 334 g/mol. The van der Waals surface area contributed by atoms with E-state index in [1.165, 1.54) is 44.2 Å². The average Bonchev–Trinajstić information content (AvgIpc) is 2.61. The van der Waals surface area contributed by atoms with Gasteiger partial charge in [0, 0.05) is 25.7 Å². The molecule has 2 aromatic heterocycles. The minimum absolute atomic E-state index is 0.0554. The molecule has 0 aliphatic carbocycles. The lowest BCUT2D eigenvalue weighted by Gasteiger charge is -2.15. The number of esters is 1. The molecule has 1 N–H and O–H groups in total. The molecule has 0 aliphatic rings. The first-order chi connectivity index (χ1) is 11.6. The van der Waals surface area contributed by atoms with Crippen molar-refractivity contribution in [1.82, 2.24) is 19.9 Å². The van der Waals surface area contributed by atoms with E-state index in [1.54, 1.807) is 0 Å². The van der Waals surface area contributed by atoms with Crippen LogP contribution < -0.4 is 0 Å². The topological polar surface area (TPSA) is 134 Å². The van der Waals surface area contributed by atoms with Crippen LogP contribution in [-0.4, -0.2) is 50.9 Å². The Hall–Kier alpha value is -2.98. The highest BCUT2D eigenvalue weighted by molar-refractivity contribution is 5.76. The molecule has 0 fully saturated rings. The maximum Gasteiger partial charge on any atom is 0.343 e. The lowest BCUT2D eigenvalue weighted by atomic mass is 10.2. The standard InChI is InChI=1S/C14H14N4O6/c1-22-10(9-3-6-15-7-18-9)14(21)24-8-23-11(13(19)20)12-16-4-2-5-17-12/h2-7,10-11H,8H2,1H3,(H,19,20)/t10-,11-/m1/s1. The summed E-state index contributed by atoms with van der Waals surface area (Å²) in [5.41, 5.74) is 0.304. The molecular formula is C14H14N4O6. The van der Waals surface area contributed by atoms with Gasteiger partial charge in [-0.25, -0.2) is 29.5 Å². The Labute approximate surface area is 136 Å². The van der Waals surface area contributed by atoms with Crippen LogP contribution in [0.4, 0.5) is 0 Å². The summed E-state index contributed by atoms with van der Waals surface area (Å²) in [6, 6.07) is 3.03. The van der Waals surface area contributed by atoms with Gasteiger partial charge in [0.1, 0.15) is 6.33 Å². The fourth-order valence-corrected chi connectivity index (χ4v) is 1.73. The predicted octanol–water partition coefficient (Wildman–Crippen LogP) is 0.297. The smallest absolute Gasteiger partial charge is 0.343 e. The summed E-state index contributed by atoms with van der Waals surface area (Å²) in [7, 11) is 1.31. The number of aliphatic carboxylic acids is 1. The van der Waals surface area contributed by atoms with E-state index in [2.05, 4.69) is 19.9 Å². The van der Waals surface area contributed by atoms with Gasteiger partial charge in [-0.2, -0.15) is 0 Å². The Morgan fingerprint density at radius 2 is 1.92 bits per heavy atom. The summed E-state index contributed by atoms with van der Waals surface area (Å²) >= 11 is 0. The Morgan fingerprint density at radius 1 is 1.17 bits per heavy atom. The van der Waals surface area contributed by atoms with Crippen LogP contribution in [0.5, 0.6) is 0 Å². The van der Waals surface area contributed by atoms with Crippen molar-refractivity contribution in [2.24, 2.45) is 0 Å². The summed E-state index contributed by atoms with van der Waals surface area (Å²) in [6.07, 6.45) is 2.93. The Morgan fingerprint density at radius 3 is 2.50 bits per heavy atom. The Balaban J connectivity index is 1.94. The molecule has 2 heterocycles. The highest BCUT2D eigenvalue weighted by atomic mass is 16.7. The second kappa shape index (κ2) is 8.60. The quantitative estimate of drug-likeness (QED) is 0.530. The molecular weight excluding hydrogens is 320 g/mol. The highest BCUT2D eigenvalue weighted by Gasteiger charge is 2.26. The minimum Gasteiger partial charge on any atom is -0.479 e. The summed E-state index contributed by atoms with van der Waals surface area (Å²) < 4.78 is 14.9. The highest BCUT2D eigenvalue weighted by Crippen LogP contribution is 2.16. The van der Waals surface area contributed by atoms with E-state index < -0.39 is 30.9 Å². The van der Waals surface area contributed by atoms with E-state index >= 15 is 0 Å². The van der Waals surface area contributed by atoms with Crippen LogP contribution in [0.15, 0.2) is 37.1 Å². The third kappa shape index (κ3) is 4.51. The van der Waals surface area contributed by atoms with E-state index in [4.69, 9.17) is 19.3 Å². The number of hydrogen-bond acceptors (Lipinski definition) is 9. The van der Waals surface area contributed by atoms with Crippen LogP contribution in [0.2, 0.25) is 0 Å². The van der Waals surface area contributed by atoms with Gasteiger partial charge in [-0.15, -0.1) is 0 Å². The molecule has 24 heavy (non-hydrogen) atoms. The predicted molar refractivity (Wildman–Crippen MR) is 76.2 cm³/mol. The number of ether oxygens (including phenoxy) is 3. The molecule has 0 aliphatic heterocycles. The van der Waals surface area contributed by atoms with Crippen molar-refractivity contribution in [1.29, 1.82) is 0 Å². The van der Waals surface area contributed by atoms with Gasteiger partial charge in [0.2, 0.25) is 6.10 Å². The van der Waals surface area contributed by atoms with Crippen molar-refractivity contribution in [2.45, 2.75) is 12.2 Å². The third-order valence-corrected chi connectivity index (χ3v) is 2.80. The molecule has 2 rings (SSSR count). The van der Waals surface area contributed by atoms with Gasteiger partial charge in [0.15, 0.2) is 18.7 Å². The van der Waals surface area contributed by atoms with Crippen LogP contribution >= 0.6 is 0 Å². The largest absolute Gasteiger partial charge is 0.479 e. The van der Waals surface area contributed by atoms with E-state index in [9.17, 15) is 9.59 Å². The van der Waals surface area contributed by atoms with E-state index in [1.807, 2.05) is 0 Å². The summed E-state index contributed by atoms with van der Waals surface area (Å²) in [5.74, 6) is -2.15. The number of carbonyl (C=O) groups is 2. The van der Waals surface area contributed by atoms with Crippen molar-refractivity contribution in [3.8, 4) is 0 Å². The summed E-state index contributed by atoms with van der Waals surface area (Å²) in [6.45, 7) is -0.612. The van der Waals surface area contributed by atoms with Crippen LogP contribution in [0.1, 0.15) is 23.7 Å². The minimum atomic E-state index is -1.46. The van der Waals surface area contributed by atoms with Gasteiger partial charge in [0.25, 0.3) is 0 Å². The zero-order chi connectivity index (χ0) is 17.4. The number of carboxylic acid groups (broad SMARTS) is 1. The monoisotopic (exact) mass is 334 g/mol. The maximum atomic E-state index is 12.0. The number of carbonyl (C=O) groups excluding carboxylic acids is 1. The second-order valence-corrected chi connectivity index (χ2v) is 4.32. The lowest BCUT2D eigenvalue weighted by Crippen LogP contribution is -2.23. The van der Waals surface area contributed by atoms with Gasteiger partial charge in [-0.05, 0) is 12.1 Å². The first kappa shape index (κ1) is 17.4. The molecule has 0 unspecified atom stereocenters. The van der Waals surface area contributed by atoms with E-state index in [0.29, 0.717) is 5.69 Å². The summed E-state index contributed by atoms with van der Waals surface area (Å²) in [4.78, 5) is 38.4. The molecule has 2 aromatic rings. The third-order valence-electron chi connectivity index (χ3n) is 2.80. The van der Waals surface area contributed by atoms with Crippen molar-refractivity contribution in [3.63, 3.8) is 0 Å². The molecule has 0 amide bonds. The molecule has 0 saturated heterocycles. The molecule has 2 atom stereocenters.